The van der Waals surface area contributed by atoms with Crippen molar-refractivity contribution in [2.75, 3.05) is 13.2 Å². The number of ether oxygens (including phenoxy) is 1. The molecule has 0 aromatic carbocycles. The van der Waals surface area contributed by atoms with Gasteiger partial charge >= 0.3 is 15.5 Å². The van der Waals surface area contributed by atoms with Crippen LogP contribution in [0.25, 0.3) is 0 Å². The normalized spacial score (nSPS) is 15.0. The minimum absolute atomic E-state index is 0.0350. The molecule has 0 aliphatic heterocycles. The maximum absolute atomic E-state index is 12.1. The zero-order valence-electron chi connectivity index (χ0n) is 12.8. The molecule has 0 bridgehead atoms. The largest absolute Gasteiger partial charge is 0.511 e. The van der Waals surface area contributed by atoms with E-state index in [1.54, 1.807) is 0 Å². The van der Waals surface area contributed by atoms with Crippen LogP contribution < -0.4 is 14.8 Å². The molecule has 140 valence electrons. The number of nitrogens with one attached hydrogen (secondary N) is 2. The number of rotatable bonds is 8. The first-order valence-corrected chi connectivity index (χ1v) is 9.07. The lowest BCUT2D eigenvalue weighted by Gasteiger charge is -2.11. The number of carbonyl (C=O) groups excluding carboxylic acids is 1. The van der Waals surface area contributed by atoms with E-state index in [0.717, 1.165) is 12.8 Å². The number of halogens is 4. The molecule has 0 atom stereocenters. The predicted octanol–water partition coefficient (Wildman–Crippen LogP) is 1.58. The molecule has 1 fully saturated rings. The summed E-state index contributed by atoms with van der Waals surface area (Å²) in [6.07, 6.45) is 2.95. The van der Waals surface area contributed by atoms with Crippen LogP contribution in [-0.2, 0) is 21.4 Å². The summed E-state index contributed by atoms with van der Waals surface area (Å²) in [4.78, 5) is 15.5. The Morgan fingerprint density at radius 2 is 2.08 bits per heavy atom. The van der Waals surface area contributed by atoms with Crippen LogP contribution in [0, 0.1) is 5.92 Å². The second kappa shape index (κ2) is 7.75. The molecule has 12 heteroatoms. The molecule has 1 amide bonds. The van der Waals surface area contributed by atoms with Crippen molar-refractivity contribution in [1.82, 2.24) is 15.0 Å². The number of pyridine rings is 1. The molecule has 1 saturated carbocycles. The van der Waals surface area contributed by atoms with Crippen LogP contribution in [0.4, 0.5) is 13.2 Å². The summed E-state index contributed by atoms with van der Waals surface area (Å²) in [6.45, 7) is -0.774. The third-order valence-electron chi connectivity index (χ3n) is 3.26. The molecule has 7 nitrogen and oxygen atoms in total. The fourth-order valence-electron chi connectivity index (χ4n) is 1.77. The Labute approximate surface area is 147 Å². The van der Waals surface area contributed by atoms with Crippen LogP contribution in [0.5, 0.6) is 5.75 Å². The van der Waals surface area contributed by atoms with Crippen molar-refractivity contribution in [3.8, 4) is 5.75 Å². The van der Waals surface area contributed by atoms with Gasteiger partial charge in [-0.05, 0) is 18.9 Å². The molecule has 0 unspecified atom stereocenters. The van der Waals surface area contributed by atoms with E-state index in [9.17, 15) is 26.4 Å². The minimum Gasteiger partial charge on any atom is -0.491 e. The van der Waals surface area contributed by atoms with Crippen LogP contribution in [-0.4, -0.2) is 38.0 Å². The SMILES string of the molecule is O=C(NCc1cc(OCCNS(=O)(=O)C(F)(F)F)cnc1Cl)C1CC1. The lowest BCUT2D eigenvalue weighted by Crippen LogP contribution is -2.38. The molecular weight excluding hydrogens is 387 g/mol. The summed E-state index contributed by atoms with van der Waals surface area (Å²) in [5, 5.41) is 2.85. The number of nitrogens with zero attached hydrogens (tertiary/aromatic N) is 1. The first-order chi connectivity index (χ1) is 11.6. The van der Waals surface area contributed by atoms with Gasteiger partial charge in [-0.25, -0.2) is 18.1 Å². The molecule has 2 rings (SSSR count). The highest BCUT2D eigenvalue weighted by atomic mass is 35.5. The number of sulfonamides is 1. The number of hydrogen-bond donors (Lipinski definition) is 2. The van der Waals surface area contributed by atoms with Gasteiger partial charge in [0.25, 0.3) is 0 Å². The van der Waals surface area contributed by atoms with Gasteiger partial charge in [0.2, 0.25) is 5.91 Å². The van der Waals surface area contributed by atoms with Crippen LogP contribution in [0.1, 0.15) is 18.4 Å². The van der Waals surface area contributed by atoms with E-state index in [0.29, 0.717) is 5.56 Å². The summed E-state index contributed by atoms with van der Waals surface area (Å²) >= 11 is 5.91. The molecule has 0 spiro atoms. The Morgan fingerprint density at radius 1 is 1.40 bits per heavy atom. The third-order valence-corrected chi connectivity index (χ3v) is 4.79. The van der Waals surface area contributed by atoms with Gasteiger partial charge in [-0.15, -0.1) is 0 Å². The Bertz CT molecular complexity index is 739. The molecule has 1 heterocycles. The summed E-state index contributed by atoms with van der Waals surface area (Å²) < 4.78 is 64.6. The lowest BCUT2D eigenvalue weighted by molar-refractivity contribution is -0.122. The van der Waals surface area contributed by atoms with Crippen molar-refractivity contribution in [3.63, 3.8) is 0 Å². The number of hydrogen-bond acceptors (Lipinski definition) is 5. The summed E-state index contributed by atoms with van der Waals surface area (Å²) in [5.41, 5.74) is -4.90. The first-order valence-electron chi connectivity index (χ1n) is 7.21. The van der Waals surface area contributed by atoms with Crippen molar-refractivity contribution in [3.05, 3.63) is 23.0 Å². The van der Waals surface area contributed by atoms with Gasteiger partial charge in [0.15, 0.2) is 0 Å². The second-order valence-corrected chi connectivity index (χ2v) is 7.42. The van der Waals surface area contributed by atoms with Crippen molar-refractivity contribution >= 4 is 27.5 Å². The van der Waals surface area contributed by atoms with Crippen molar-refractivity contribution in [2.24, 2.45) is 5.92 Å². The van der Waals surface area contributed by atoms with E-state index in [2.05, 4.69) is 10.3 Å². The first kappa shape index (κ1) is 19.7. The van der Waals surface area contributed by atoms with E-state index in [1.807, 2.05) is 0 Å². The van der Waals surface area contributed by atoms with E-state index >= 15 is 0 Å². The Hall–Kier alpha value is -1.59. The maximum Gasteiger partial charge on any atom is 0.511 e. The van der Waals surface area contributed by atoms with Crippen LogP contribution in [0.2, 0.25) is 5.15 Å². The van der Waals surface area contributed by atoms with E-state index in [-0.39, 0.29) is 35.9 Å². The van der Waals surface area contributed by atoms with Gasteiger partial charge in [-0.3, -0.25) is 4.79 Å². The van der Waals surface area contributed by atoms with Crippen molar-refractivity contribution < 1.29 is 31.1 Å². The molecule has 25 heavy (non-hydrogen) atoms. The summed E-state index contributed by atoms with van der Waals surface area (Å²) in [5.74, 6) is 0.142. The average molecular weight is 402 g/mol. The van der Waals surface area contributed by atoms with E-state index < -0.39 is 22.1 Å². The number of amides is 1. The quantitative estimate of drug-likeness (QED) is 0.509. The van der Waals surface area contributed by atoms with Gasteiger partial charge in [0.1, 0.15) is 17.5 Å². The fourth-order valence-corrected chi connectivity index (χ4v) is 2.46. The fraction of sp³-hybridized carbons (Fsp3) is 0.538. The molecule has 1 aliphatic carbocycles. The number of carbonyl (C=O) groups is 1. The molecule has 1 aromatic heterocycles. The minimum atomic E-state index is -5.40. The molecule has 0 saturated heterocycles. The molecule has 2 N–H and O–H groups in total. The van der Waals surface area contributed by atoms with Gasteiger partial charge in [0, 0.05) is 24.6 Å². The zero-order valence-corrected chi connectivity index (χ0v) is 14.3. The second-order valence-electron chi connectivity index (χ2n) is 5.31. The standard InChI is InChI=1S/C13H15ClF3N3O4S/c14-11-9(6-19-12(21)8-1-2-8)5-10(7-18-11)24-4-3-20-25(22,23)13(15,16)17/h5,7-8,20H,1-4,6H2,(H,19,21). The predicted molar refractivity (Wildman–Crippen MR) is 82.3 cm³/mol. The van der Waals surface area contributed by atoms with Crippen LogP contribution in [0.3, 0.4) is 0 Å². The Balaban J connectivity index is 1.83. The molecule has 1 aliphatic rings. The monoisotopic (exact) mass is 401 g/mol. The number of aromatic nitrogens is 1. The summed E-state index contributed by atoms with van der Waals surface area (Å²) in [7, 11) is -5.40. The Kier molecular flexibility index (Phi) is 6.12. The molecular formula is C13H15ClF3N3O4S. The smallest absolute Gasteiger partial charge is 0.491 e. The molecule has 1 aromatic rings. The highest BCUT2D eigenvalue weighted by molar-refractivity contribution is 7.90. The summed E-state index contributed by atoms with van der Waals surface area (Å²) in [6, 6.07) is 1.47. The van der Waals surface area contributed by atoms with Gasteiger partial charge in [-0.2, -0.15) is 13.2 Å². The maximum atomic E-state index is 12.1. The van der Waals surface area contributed by atoms with E-state index in [4.69, 9.17) is 16.3 Å². The van der Waals surface area contributed by atoms with Crippen molar-refractivity contribution in [2.45, 2.75) is 24.9 Å². The Morgan fingerprint density at radius 3 is 2.68 bits per heavy atom. The lowest BCUT2D eigenvalue weighted by atomic mass is 10.2. The van der Waals surface area contributed by atoms with Gasteiger partial charge < -0.3 is 10.1 Å². The highest BCUT2D eigenvalue weighted by Gasteiger charge is 2.45. The van der Waals surface area contributed by atoms with E-state index in [1.165, 1.54) is 17.0 Å². The average Bonchev–Trinajstić information content (AvgIpc) is 3.35. The zero-order chi connectivity index (χ0) is 18.7. The van der Waals surface area contributed by atoms with Crippen LogP contribution >= 0.6 is 11.6 Å². The molecule has 0 radical (unpaired) electrons. The highest BCUT2D eigenvalue weighted by Crippen LogP contribution is 2.29. The topological polar surface area (TPSA) is 97.4 Å². The van der Waals surface area contributed by atoms with Gasteiger partial charge in [0.05, 0.1) is 6.20 Å². The van der Waals surface area contributed by atoms with Crippen LogP contribution in [0.15, 0.2) is 12.3 Å². The third kappa shape index (κ3) is 5.72. The van der Waals surface area contributed by atoms with Gasteiger partial charge in [-0.1, -0.05) is 11.6 Å². The van der Waals surface area contributed by atoms with Crippen molar-refractivity contribution in [1.29, 1.82) is 0 Å². The number of alkyl halides is 3.